The summed E-state index contributed by atoms with van der Waals surface area (Å²) in [4.78, 5) is 21.7. The van der Waals surface area contributed by atoms with E-state index >= 15 is 0 Å². The molecule has 15 heavy (non-hydrogen) atoms. The Morgan fingerprint density at radius 3 is 2.47 bits per heavy atom. The number of amides is 1. The number of carbonyl (C=O) groups excluding carboxylic acids is 2. The molecule has 1 amide bonds. The highest BCUT2D eigenvalue weighted by atomic mass is 16.4. The Balaban J connectivity index is 4.52. The smallest absolute Gasteiger partial charge is 0.254 e. The molecule has 7 heteroatoms. The highest BCUT2D eigenvalue weighted by Gasteiger charge is 2.10. The molecule has 7 nitrogen and oxygen atoms in total. The van der Waals surface area contributed by atoms with Gasteiger partial charge in [-0.1, -0.05) is 5.16 Å². The molecular weight excluding hydrogens is 200 g/mol. The number of hydrogen-bond donors (Lipinski definition) is 2. The minimum Gasteiger partial charge on any atom is -0.410 e. The van der Waals surface area contributed by atoms with Crippen molar-refractivity contribution in [1.82, 2.24) is 5.43 Å². The number of hydrazone groups is 1. The predicted molar refractivity (Wildman–Crippen MR) is 51.4 cm³/mol. The van der Waals surface area contributed by atoms with Crippen LogP contribution in [-0.4, -0.2) is 28.3 Å². The lowest BCUT2D eigenvalue weighted by molar-refractivity contribution is -0.120. The number of hydrogen-bond acceptors (Lipinski definition) is 6. The lowest BCUT2D eigenvalue weighted by atomic mass is 10.2. The summed E-state index contributed by atoms with van der Waals surface area (Å²) in [5, 5.41) is 22.8. The standard InChI is InChI=1S/C8H10N4O3/c1-5(8(12-15)6(2)13)10-11-7(14)3-4-9/h15H,3H2,1-2H3,(H,11,14)/b10-5+,12-8+. The van der Waals surface area contributed by atoms with E-state index in [1.165, 1.54) is 13.8 Å². The third-order valence-electron chi connectivity index (χ3n) is 1.36. The topological polar surface area (TPSA) is 115 Å². The van der Waals surface area contributed by atoms with Gasteiger partial charge in [0.15, 0.2) is 11.5 Å². The fraction of sp³-hybridized carbons (Fsp3) is 0.375. The number of ketones is 1. The Kier molecular flexibility index (Phi) is 5.33. The van der Waals surface area contributed by atoms with E-state index in [0.29, 0.717) is 0 Å². The Morgan fingerprint density at radius 2 is 2.07 bits per heavy atom. The summed E-state index contributed by atoms with van der Waals surface area (Å²) in [5.41, 5.74) is 1.86. The maximum absolute atomic E-state index is 10.9. The number of nitrogens with zero attached hydrogens (tertiary/aromatic N) is 3. The molecular formula is C8H10N4O3. The molecule has 0 fully saturated rings. The van der Waals surface area contributed by atoms with Gasteiger partial charge in [0, 0.05) is 6.92 Å². The maximum Gasteiger partial charge on any atom is 0.254 e. The van der Waals surface area contributed by atoms with Crippen LogP contribution in [0.5, 0.6) is 0 Å². The molecule has 80 valence electrons. The van der Waals surface area contributed by atoms with Gasteiger partial charge in [-0.15, -0.1) is 0 Å². The minimum absolute atomic E-state index is 0.0660. The summed E-state index contributed by atoms with van der Waals surface area (Å²) in [5.74, 6) is -1.08. The molecule has 0 atom stereocenters. The second-order valence-corrected chi connectivity index (χ2v) is 2.57. The van der Waals surface area contributed by atoms with Crippen LogP contribution in [0.2, 0.25) is 0 Å². The molecule has 0 heterocycles. The van der Waals surface area contributed by atoms with Crippen LogP contribution in [-0.2, 0) is 9.59 Å². The molecule has 0 aliphatic heterocycles. The van der Waals surface area contributed by atoms with Crippen LogP contribution in [0.4, 0.5) is 0 Å². The first-order chi connectivity index (χ1) is 7.02. The fourth-order valence-corrected chi connectivity index (χ4v) is 0.708. The van der Waals surface area contributed by atoms with Crippen molar-refractivity contribution >= 4 is 23.1 Å². The first-order valence-electron chi connectivity index (χ1n) is 3.96. The van der Waals surface area contributed by atoms with E-state index < -0.39 is 11.7 Å². The number of oxime groups is 1. The summed E-state index contributed by atoms with van der Waals surface area (Å²) in [6.45, 7) is 2.59. The number of nitriles is 1. The van der Waals surface area contributed by atoms with E-state index in [9.17, 15) is 9.59 Å². The Labute approximate surface area is 86.1 Å². The molecule has 0 rings (SSSR count). The summed E-state index contributed by atoms with van der Waals surface area (Å²) in [6, 6.07) is 1.63. The van der Waals surface area contributed by atoms with Gasteiger partial charge in [0.25, 0.3) is 5.91 Å². The van der Waals surface area contributed by atoms with Gasteiger partial charge in [-0.25, -0.2) is 5.43 Å². The van der Waals surface area contributed by atoms with Gasteiger partial charge >= 0.3 is 0 Å². The van der Waals surface area contributed by atoms with E-state index in [2.05, 4.69) is 10.3 Å². The van der Waals surface area contributed by atoms with Crippen molar-refractivity contribution in [1.29, 1.82) is 5.26 Å². The largest absolute Gasteiger partial charge is 0.410 e. The summed E-state index contributed by atoms with van der Waals surface area (Å²) >= 11 is 0. The molecule has 0 saturated carbocycles. The van der Waals surface area contributed by atoms with E-state index in [0.717, 1.165) is 0 Å². The number of carbonyl (C=O) groups is 2. The van der Waals surface area contributed by atoms with Crippen LogP contribution in [0.3, 0.4) is 0 Å². The molecule has 0 bridgehead atoms. The van der Waals surface area contributed by atoms with Gasteiger partial charge in [-0.05, 0) is 6.92 Å². The third-order valence-corrected chi connectivity index (χ3v) is 1.36. The van der Waals surface area contributed by atoms with Gasteiger partial charge in [0.2, 0.25) is 0 Å². The van der Waals surface area contributed by atoms with Crippen LogP contribution in [0.15, 0.2) is 10.3 Å². The van der Waals surface area contributed by atoms with Crippen molar-refractivity contribution < 1.29 is 14.8 Å². The average Bonchev–Trinajstić information content (AvgIpc) is 2.15. The molecule has 0 unspecified atom stereocenters. The number of Topliss-reactive ketones (excluding diaryl/α,β-unsaturated/α-hetero) is 1. The number of nitrogens with one attached hydrogen (secondary N) is 1. The molecule has 2 N–H and O–H groups in total. The third kappa shape index (κ3) is 4.52. The van der Waals surface area contributed by atoms with E-state index in [1.54, 1.807) is 6.07 Å². The zero-order chi connectivity index (χ0) is 11.8. The molecule has 0 aromatic heterocycles. The molecule has 0 radical (unpaired) electrons. The fourth-order valence-electron chi connectivity index (χ4n) is 0.708. The Bertz CT molecular complexity index is 365. The quantitative estimate of drug-likeness (QED) is 0.380. The van der Waals surface area contributed by atoms with Crippen LogP contribution in [0.25, 0.3) is 0 Å². The van der Waals surface area contributed by atoms with Crippen molar-refractivity contribution in [2.45, 2.75) is 20.3 Å². The Hall–Kier alpha value is -2.23. The van der Waals surface area contributed by atoms with Gasteiger partial charge in [-0.2, -0.15) is 10.4 Å². The van der Waals surface area contributed by atoms with E-state index in [4.69, 9.17) is 10.5 Å². The van der Waals surface area contributed by atoms with Crippen LogP contribution in [0.1, 0.15) is 20.3 Å². The zero-order valence-electron chi connectivity index (χ0n) is 8.31. The Morgan fingerprint density at radius 1 is 1.47 bits per heavy atom. The number of rotatable bonds is 4. The van der Waals surface area contributed by atoms with Crippen molar-refractivity contribution in [3.05, 3.63) is 0 Å². The molecule has 0 aromatic carbocycles. The minimum atomic E-state index is -0.599. The molecule has 0 spiro atoms. The molecule has 0 aliphatic rings. The zero-order valence-corrected chi connectivity index (χ0v) is 8.31. The van der Waals surface area contributed by atoms with Gasteiger partial charge < -0.3 is 5.21 Å². The average molecular weight is 210 g/mol. The first-order valence-corrected chi connectivity index (χ1v) is 3.96. The molecule has 0 aliphatic carbocycles. The first kappa shape index (κ1) is 12.8. The normalized spacial score (nSPS) is 11.8. The van der Waals surface area contributed by atoms with Crippen LogP contribution >= 0.6 is 0 Å². The van der Waals surface area contributed by atoms with Gasteiger partial charge in [0.05, 0.1) is 11.8 Å². The SMILES string of the molecule is CC(=O)C(=N/O)/C(C)=N/NC(=O)CC#N. The van der Waals surface area contributed by atoms with Crippen molar-refractivity contribution in [3.63, 3.8) is 0 Å². The van der Waals surface area contributed by atoms with E-state index in [-0.39, 0.29) is 17.8 Å². The lowest BCUT2D eigenvalue weighted by Crippen LogP contribution is -2.25. The summed E-state index contributed by atoms with van der Waals surface area (Å²) < 4.78 is 0. The van der Waals surface area contributed by atoms with E-state index in [1.807, 2.05) is 5.43 Å². The van der Waals surface area contributed by atoms with Gasteiger partial charge in [0.1, 0.15) is 6.42 Å². The maximum atomic E-state index is 10.9. The molecule has 0 saturated heterocycles. The van der Waals surface area contributed by atoms with Crippen molar-refractivity contribution in [2.75, 3.05) is 0 Å². The highest BCUT2D eigenvalue weighted by Crippen LogP contribution is 1.86. The lowest BCUT2D eigenvalue weighted by Gasteiger charge is -1.99. The summed E-state index contributed by atoms with van der Waals surface area (Å²) in [7, 11) is 0. The highest BCUT2D eigenvalue weighted by molar-refractivity contribution is 6.66. The second kappa shape index (κ2) is 6.26. The van der Waals surface area contributed by atoms with Crippen molar-refractivity contribution in [3.8, 4) is 6.07 Å². The van der Waals surface area contributed by atoms with Crippen molar-refractivity contribution in [2.24, 2.45) is 10.3 Å². The monoisotopic (exact) mass is 210 g/mol. The van der Waals surface area contributed by atoms with Crippen LogP contribution < -0.4 is 5.43 Å². The predicted octanol–water partition coefficient (Wildman–Crippen LogP) is -0.189. The van der Waals surface area contributed by atoms with Gasteiger partial charge in [-0.3, -0.25) is 9.59 Å². The van der Waals surface area contributed by atoms with Crippen LogP contribution in [0, 0.1) is 11.3 Å². The molecule has 0 aromatic rings. The summed E-state index contributed by atoms with van der Waals surface area (Å²) in [6.07, 6.45) is -0.331. The second-order valence-electron chi connectivity index (χ2n) is 2.57.